The van der Waals surface area contributed by atoms with Crippen molar-refractivity contribution < 1.29 is 9.18 Å². The number of fused-ring (bicyclic) bond motifs is 3. The van der Waals surface area contributed by atoms with Gasteiger partial charge in [0.15, 0.2) is 0 Å². The summed E-state index contributed by atoms with van der Waals surface area (Å²) in [4.78, 5) is 19.5. The molecule has 1 amide bonds. The number of thiophene rings is 1. The Morgan fingerprint density at radius 1 is 1.32 bits per heavy atom. The smallest absolute Gasteiger partial charge is 0.255 e. The highest BCUT2D eigenvalue weighted by molar-refractivity contribution is 7.19. The molecule has 1 aliphatic rings. The van der Waals surface area contributed by atoms with Crippen molar-refractivity contribution in [2.24, 2.45) is 0 Å². The fourth-order valence-electron chi connectivity index (χ4n) is 2.92. The van der Waals surface area contributed by atoms with Gasteiger partial charge in [0.1, 0.15) is 5.82 Å². The highest BCUT2D eigenvalue weighted by Gasteiger charge is 2.25. The van der Waals surface area contributed by atoms with E-state index in [1.54, 1.807) is 41.9 Å². The fourth-order valence-corrected chi connectivity index (χ4v) is 4.17. The zero-order valence-corrected chi connectivity index (χ0v) is 12.6. The molecule has 0 atom stereocenters. The van der Waals surface area contributed by atoms with Gasteiger partial charge in [-0.05, 0) is 47.7 Å². The number of nitrogens with zero attached hydrogens (tertiary/aromatic N) is 2. The van der Waals surface area contributed by atoms with Gasteiger partial charge in [0.05, 0.1) is 12.1 Å². The van der Waals surface area contributed by atoms with Crippen molar-refractivity contribution in [3.8, 4) is 0 Å². The van der Waals surface area contributed by atoms with E-state index in [2.05, 4.69) is 4.98 Å². The molecular weight excluding hydrogens is 299 g/mol. The van der Waals surface area contributed by atoms with Crippen molar-refractivity contribution in [1.82, 2.24) is 9.88 Å². The Bertz CT molecular complexity index is 860. The first-order valence-corrected chi connectivity index (χ1v) is 7.93. The third-order valence-corrected chi connectivity index (χ3v) is 5.20. The molecule has 0 radical (unpaired) electrons. The van der Waals surface area contributed by atoms with Gasteiger partial charge in [-0.25, -0.2) is 4.39 Å². The van der Waals surface area contributed by atoms with E-state index in [1.165, 1.54) is 11.6 Å². The highest BCUT2D eigenvalue weighted by atomic mass is 32.1. The average Bonchev–Trinajstić information content (AvgIpc) is 2.92. The summed E-state index contributed by atoms with van der Waals surface area (Å²) in [7, 11) is 0. The Morgan fingerprint density at radius 2 is 2.23 bits per heavy atom. The summed E-state index contributed by atoms with van der Waals surface area (Å²) in [5.41, 5.74) is 1.80. The van der Waals surface area contributed by atoms with Gasteiger partial charge in [-0.15, -0.1) is 11.3 Å². The number of hydrogen-bond donors (Lipinski definition) is 0. The molecule has 0 fully saturated rings. The maximum Gasteiger partial charge on any atom is 0.255 e. The van der Waals surface area contributed by atoms with Crippen LogP contribution in [0, 0.1) is 5.82 Å². The largest absolute Gasteiger partial charge is 0.333 e. The molecule has 4 rings (SSSR count). The molecule has 3 heterocycles. The molecule has 0 unspecified atom stereocenters. The van der Waals surface area contributed by atoms with Crippen LogP contribution in [0.3, 0.4) is 0 Å². The molecule has 1 aromatic carbocycles. The summed E-state index contributed by atoms with van der Waals surface area (Å²) >= 11 is 1.65. The second-order valence-corrected chi connectivity index (χ2v) is 6.50. The second-order valence-electron chi connectivity index (χ2n) is 5.36. The van der Waals surface area contributed by atoms with Crippen LogP contribution in [0.1, 0.15) is 20.8 Å². The number of amides is 1. The second kappa shape index (κ2) is 5.18. The number of rotatable bonds is 1. The predicted molar refractivity (Wildman–Crippen MR) is 84.5 cm³/mol. The summed E-state index contributed by atoms with van der Waals surface area (Å²) in [6.07, 6.45) is 4.02. The molecule has 110 valence electrons. The molecule has 2 aromatic heterocycles. The van der Waals surface area contributed by atoms with E-state index in [0.29, 0.717) is 18.7 Å². The summed E-state index contributed by atoms with van der Waals surface area (Å²) in [5.74, 6) is -0.204. The molecule has 0 bridgehead atoms. The molecular formula is C17H13FN2OS. The van der Waals surface area contributed by atoms with Gasteiger partial charge in [-0.1, -0.05) is 0 Å². The van der Waals surface area contributed by atoms with E-state index in [1.807, 2.05) is 11.0 Å². The van der Waals surface area contributed by atoms with Gasteiger partial charge in [0.2, 0.25) is 0 Å². The summed E-state index contributed by atoms with van der Waals surface area (Å²) < 4.78 is 14.5. The number of carbonyl (C=O) groups excluding carboxylic acids is 1. The molecule has 0 saturated heterocycles. The van der Waals surface area contributed by atoms with Gasteiger partial charge in [-0.3, -0.25) is 9.78 Å². The molecule has 0 spiro atoms. The maximum atomic E-state index is 13.4. The van der Waals surface area contributed by atoms with Crippen LogP contribution in [0.4, 0.5) is 4.39 Å². The van der Waals surface area contributed by atoms with Crippen LogP contribution in [-0.2, 0) is 13.0 Å². The van der Waals surface area contributed by atoms with Crippen molar-refractivity contribution in [2.45, 2.75) is 13.0 Å². The minimum atomic E-state index is -0.207. The van der Waals surface area contributed by atoms with Crippen LogP contribution < -0.4 is 0 Å². The lowest BCUT2D eigenvalue weighted by Gasteiger charge is -2.27. The number of benzene rings is 1. The molecule has 0 saturated carbocycles. The molecule has 0 N–H and O–H groups in total. The van der Waals surface area contributed by atoms with Gasteiger partial charge < -0.3 is 4.90 Å². The van der Waals surface area contributed by atoms with Crippen molar-refractivity contribution >= 4 is 27.3 Å². The van der Waals surface area contributed by atoms with Crippen LogP contribution in [0.5, 0.6) is 0 Å². The summed E-state index contributed by atoms with van der Waals surface area (Å²) in [5, 5.41) is 0.994. The van der Waals surface area contributed by atoms with E-state index in [4.69, 9.17) is 0 Å². The Balaban J connectivity index is 1.67. The molecule has 3 aromatic rings. The van der Waals surface area contributed by atoms with Crippen molar-refractivity contribution in [2.75, 3.05) is 6.54 Å². The standard InChI is InChI=1S/C17H13FN2OS/c18-12-3-4-15-14(8-12)13-5-7-20(10-16(13)22-15)17(21)11-2-1-6-19-9-11/h1-4,6,8-9H,5,7,10H2. The van der Waals surface area contributed by atoms with E-state index in [0.717, 1.165) is 21.4 Å². The van der Waals surface area contributed by atoms with E-state index >= 15 is 0 Å². The fraction of sp³-hybridized carbons (Fsp3) is 0.176. The number of halogens is 1. The Hall–Kier alpha value is -2.27. The first-order chi connectivity index (χ1) is 10.7. The van der Waals surface area contributed by atoms with Gasteiger partial charge >= 0.3 is 0 Å². The Labute approximate surface area is 131 Å². The van der Waals surface area contributed by atoms with Crippen LogP contribution in [0.25, 0.3) is 10.1 Å². The third kappa shape index (κ3) is 2.18. The zero-order valence-electron chi connectivity index (χ0n) is 11.8. The minimum Gasteiger partial charge on any atom is -0.333 e. The lowest BCUT2D eigenvalue weighted by atomic mass is 10.0. The molecule has 1 aliphatic heterocycles. The summed E-state index contributed by atoms with van der Waals surface area (Å²) in [6.45, 7) is 1.24. The Morgan fingerprint density at radius 3 is 3.05 bits per heavy atom. The minimum absolute atomic E-state index is 0.00221. The number of carbonyl (C=O) groups is 1. The normalized spacial score (nSPS) is 14.1. The predicted octanol–water partition coefficient (Wildman–Crippen LogP) is 3.63. The highest BCUT2D eigenvalue weighted by Crippen LogP contribution is 2.35. The van der Waals surface area contributed by atoms with Gasteiger partial charge in [-0.2, -0.15) is 0 Å². The van der Waals surface area contributed by atoms with E-state index in [9.17, 15) is 9.18 Å². The van der Waals surface area contributed by atoms with Crippen LogP contribution in [-0.4, -0.2) is 22.3 Å². The maximum absolute atomic E-state index is 13.4. The van der Waals surface area contributed by atoms with Crippen LogP contribution in [0.15, 0.2) is 42.7 Å². The van der Waals surface area contributed by atoms with Gasteiger partial charge in [0.25, 0.3) is 5.91 Å². The first kappa shape index (κ1) is 13.4. The monoisotopic (exact) mass is 312 g/mol. The van der Waals surface area contributed by atoms with Gasteiger partial charge in [0, 0.05) is 28.5 Å². The number of hydrogen-bond acceptors (Lipinski definition) is 3. The van der Waals surface area contributed by atoms with Crippen LogP contribution in [0.2, 0.25) is 0 Å². The first-order valence-electron chi connectivity index (χ1n) is 7.11. The third-order valence-electron chi connectivity index (χ3n) is 4.00. The number of pyridine rings is 1. The topological polar surface area (TPSA) is 33.2 Å². The zero-order chi connectivity index (χ0) is 15.1. The quantitative estimate of drug-likeness (QED) is 0.687. The molecule has 22 heavy (non-hydrogen) atoms. The lowest BCUT2D eigenvalue weighted by molar-refractivity contribution is 0.0737. The average molecular weight is 312 g/mol. The number of aromatic nitrogens is 1. The molecule has 0 aliphatic carbocycles. The van der Waals surface area contributed by atoms with E-state index < -0.39 is 0 Å². The molecule has 3 nitrogen and oxygen atoms in total. The SMILES string of the molecule is O=C(c1cccnc1)N1CCc2c(sc3ccc(F)cc23)C1. The van der Waals surface area contributed by atoms with Crippen molar-refractivity contribution in [3.63, 3.8) is 0 Å². The van der Waals surface area contributed by atoms with Crippen molar-refractivity contribution in [3.05, 3.63) is 64.5 Å². The molecule has 5 heteroatoms. The van der Waals surface area contributed by atoms with Crippen LogP contribution >= 0.6 is 11.3 Å². The van der Waals surface area contributed by atoms with Crippen molar-refractivity contribution in [1.29, 1.82) is 0 Å². The Kier molecular flexibility index (Phi) is 3.15. The summed E-state index contributed by atoms with van der Waals surface area (Å²) in [6, 6.07) is 8.46. The lowest BCUT2D eigenvalue weighted by Crippen LogP contribution is -2.35. The van der Waals surface area contributed by atoms with E-state index in [-0.39, 0.29) is 11.7 Å².